The van der Waals surface area contributed by atoms with Gasteiger partial charge in [-0.2, -0.15) is 0 Å². The molecule has 0 amide bonds. The van der Waals surface area contributed by atoms with E-state index < -0.39 is 12.6 Å². The molecule has 0 atom stereocenters. The molecule has 2 rings (SSSR count). The number of hydrogen-bond acceptors (Lipinski definition) is 3. The Kier molecular flexibility index (Phi) is 1.92. The smallest absolute Gasteiger partial charge is 0.339 e. The fraction of sp³-hybridized carbons (Fsp3) is 0.111. The summed E-state index contributed by atoms with van der Waals surface area (Å²) in [5, 5.41) is 12.6. The number of rotatable bonds is 2. The van der Waals surface area contributed by atoms with Crippen molar-refractivity contribution < 1.29 is 18.8 Å². The molecule has 1 heterocycles. The molecule has 0 saturated heterocycles. The van der Waals surface area contributed by atoms with Gasteiger partial charge in [-0.3, -0.25) is 0 Å². The predicted octanol–water partition coefficient (Wildman–Crippen LogP) is 2.00. The molecular formula is C9H6FNO3. The Balaban J connectivity index is 2.76. The highest BCUT2D eigenvalue weighted by Crippen LogP contribution is 2.22. The molecule has 0 bridgehead atoms. The van der Waals surface area contributed by atoms with Crippen LogP contribution in [0.5, 0.6) is 0 Å². The molecule has 1 aromatic carbocycles. The van der Waals surface area contributed by atoms with Crippen LogP contribution in [0.4, 0.5) is 4.39 Å². The number of aromatic nitrogens is 1. The van der Waals surface area contributed by atoms with E-state index in [0.29, 0.717) is 5.39 Å². The van der Waals surface area contributed by atoms with E-state index in [1.165, 1.54) is 12.1 Å². The highest BCUT2D eigenvalue weighted by Gasteiger charge is 2.15. The Labute approximate surface area is 77.9 Å². The Bertz CT molecular complexity index is 492. The zero-order chi connectivity index (χ0) is 10.1. The number of benzene rings is 1. The standard InChI is InChI=1S/C9H6FNO3/c10-4-7-5-2-1-3-6(9(12)13)8(5)14-11-7/h1-3H,4H2,(H,12,13). The van der Waals surface area contributed by atoms with Crippen molar-refractivity contribution in [2.45, 2.75) is 6.67 Å². The minimum Gasteiger partial charge on any atom is -0.478 e. The summed E-state index contributed by atoms with van der Waals surface area (Å²) in [6.07, 6.45) is 0. The van der Waals surface area contributed by atoms with Gasteiger partial charge in [-0.1, -0.05) is 11.2 Å². The van der Waals surface area contributed by atoms with Crippen molar-refractivity contribution in [3.05, 3.63) is 29.5 Å². The lowest BCUT2D eigenvalue weighted by Gasteiger charge is -1.93. The van der Waals surface area contributed by atoms with E-state index in [-0.39, 0.29) is 16.8 Å². The number of alkyl halides is 1. The van der Waals surface area contributed by atoms with Crippen LogP contribution in [-0.2, 0) is 6.67 Å². The molecule has 0 unspecified atom stereocenters. The number of carbonyl (C=O) groups is 1. The van der Waals surface area contributed by atoms with Gasteiger partial charge in [0.15, 0.2) is 5.58 Å². The number of nitrogens with zero attached hydrogens (tertiary/aromatic N) is 1. The van der Waals surface area contributed by atoms with E-state index in [1.807, 2.05) is 0 Å². The number of para-hydroxylation sites is 1. The van der Waals surface area contributed by atoms with Crippen LogP contribution in [0.1, 0.15) is 16.1 Å². The molecular weight excluding hydrogens is 189 g/mol. The van der Waals surface area contributed by atoms with Crippen molar-refractivity contribution in [2.24, 2.45) is 0 Å². The maximum Gasteiger partial charge on any atom is 0.339 e. The average molecular weight is 195 g/mol. The van der Waals surface area contributed by atoms with Crippen LogP contribution >= 0.6 is 0 Å². The quantitative estimate of drug-likeness (QED) is 0.795. The second kappa shape index (κ2) is 3.10. The van der Waals surface area contributed by atoms with Crippen molar-refractivity contribution in [2.75, 3.05) is 0 Å². The van der Waals surface area contributed by atoms with E-state index in [1.54, 1.807) is 6.07 Å². The van der Waals surface area contributed by atoms with E-state index in [0.717, 1.165) is 0 Å². The van der Waals surface area contributed by atoms with Gasteiger partial charge >= 0.3 is 5.97 Å². The van der Waals surface area contributed by atoms with Crippen molar-refractivity contribution in [3.8, 4) is 0 Å². The molecule has 0 fully saturated rings. The fourth-order valence-corrected chi connectivity index (χ4v) is 1.28. The third-order valence-corrected chi connectivity index (χ3v) is 1.93. The van der Waals surface area contributed by atoms with E-state index in [2.05, 4.69) is 5.16 Å². The zero-order valence-corrected chi connectivity index (χ0v) is 7.03. The van der Waals surface area contributed by atoms with E-state index in [9.17, 15) is 9.18 Å². The second-order valence-electron chi connectivity index (χ2n) is 2.75. The molecule has 2 aromatic rings. The van der Waals surface area contributed by atoms with Crippen molar-refractivity contribution in [3.63, 3.8) is 0 Å². The number of hydrogen-bond donors (Lipinski definition) is 1. The Morgan fingerprint density at radius 2 is 2.36 bits per heavy atom. The Morgan fingerprint density at radius 3 is 3.00 bits per heavy atom. The minimum absolute atomic E-state index is 0.00491. The van der Waals surface area contributed by atoms with Crippen LogP contribution in [-0.4, -0.2) is 16.2 Å². The summed E-state index contributed by atoms with van der Waals surface area (Å²) < 4.78 is 17.1. The normalized spacial score (nSPS) is 10.6. The number of carboxylic acids is 1. The van der Waals surface area contributed by atoms with Crippen LogP contribution < -0.4 is 0 Å². The maximum absolute atomic E-state index is 12.4. The van der Waals surface area contributed by atoms with Crippen LogP contribution in [0.25, 0.3) is 11.0 Å². The highest BCUT2D eigenvalue weighted by atomic mass is 19.1. The van der Waals surface area contributed by atoms with Crippen molar-refractivity contribution in [1.82, 2.24) is 5.16 Å². The molecule has 0 aliphatic heterocycles. The molecule has 1 N–H and O–H groups in total. The summed E-state index contributed by atoms with van der Waals surface area (Å²) in [6.45, 7) is -0.768. The van der Waals surface area contributed by atoms with Crippen molar-refractivity contribution in [1.29, 1.82) is 0 Å². The van der Waals surface area contributed by atoms with E-state index in [4.69, 9.17) is 9.63 Å². The first-order valence-electron chi connectivity index (χ1n) is 3.90. The first-order valence-corrected chi connectivity index (χ1v) is 3.90. The molecule has 0 aliphatic rings. The summed E-state index contributed by atoms with van der Waals surface area (Å²) in [6, 6.07) is 4.49. The monoisotopic (exact) mass is 195 g/mol. The fourth-order valence-electron chi connectivity index (χ4n) is 1.28. The van der Waals surface area contributed by atoms with Gasteiger partial charge in [-0.25, -0.2) is 9.18 Å². The molecule has 14 heavy (non-hydrogen) atoms. The third kappa shape index (κ3) is 1.14. The summed E-state index contributed by atoms with van der Waals surface area (Å²) in [5.41, 5.74) is 0.241. The number of halogens is 1. The summed E-state index contributed by atoms with van der Waals surface area (Å²) >= 11 is 0. The lowest BCUT2D eigenvalue weighted by Crippen LogP contribution is -1.95. The molecule has 0 aliphatic carbocycles. The maximum atomic E-state index is 12.4. The van der Waals surface area contributed by atoms with Gasteiger partial charge < -0.3 is 9.63 Å². The molecule has 0 saturated carbocycles. The van der Waals surface area contributed by atoms with Gasteiger partial charge in [0.1, 0.15) is 17.9 Å². The van der Waals surface area contributed by atoms with Gasteiger partial charge in [-0.05, 0) is 12.1 Å². The van der Waals surface area contributed by atoms with Crippen LogP contribution in [0.2, 0.25) is 0 Å². The van der Waals surface area contributed by atoms with Gasteiger partial charge in [0.25, 0.3) is 0 Å². The highest BCUT2D eigenvalue weighted by molar-refractivity contribution is 6.01. The predicted molar refractivity (Wildman–Crippen MR) is 45.8 cm³/mol. The molecule has 0 spiro atoms. The molecule has 5 heteroatoms. The summed E-state index contributed by atoms with van der Waals surface area (Å²) in [5.74, 6) is -1.11. The number of fused-ring (bicyclic) bond motifs is 1. The molecule has 72 valence electrons. The first kappa shape index (κ1) is 8.68. The number of aromatic carboxylic acids is 1. The molecule has 4 nitrogen and oxygen atoms in total. The van der Waals surface area contributed by atoms with Crippen LogP contribution in [0.15, 0.2) is 22.7 Å². The SMILES string of the molecule is O=C(O)c1cccc2c(CF)noc12. The van der Waals surface area contributed by atoms with Crippen LogP contribution in [0.3, 0.4) is 0 Å². The Hall–Kier alpha value is -1.91. The first-order chi connectivity index (χ1) is 6.74. The third-order valence-electron chi connectivity index (χ3n) is 1.93. The number of carboxylic acid groups (broad SMARTS) is 1. The topological polar surface area (TPSA) is 63.3 Å². The average Bonchev–Trinajstić information content (AvgIpc) is 2.59. The van der Waals surface area contributed by atoms with Gasteiger partial charge in [0, 0.05) is 5.39 Å². The van der Waals surface area contributed by atoms with Gasteiger partial charge in [0.05, 0.1) is 0 Å². The lowest BCUT2D eigenvalue weighted by molar-refractivity contribution is 0.0697. The zero-order valence-electron chi connectivity index (χ0n) is 7.03. The molecule has 1 aromatic heterocycles. The largest absolute Gasteiger partial charge is 0.478 e. The van der Waals surface area contributed by atoms with Gasteiger partial charge in [-0.15, -0.1) is 0 Å². The minimum atomic E-state index is -1.11. The van der Waals surface area contributed by atoms with E-state index >= 15 is 0 Å². The van der Waals surface area contributed by atoms with Gasteiger partial charge in [0.2, 0.25) is 0 Å². The lowest BCUT2D eigenvalue weighted by atomic mass is 10.1. The van der Waals surface area contributed by atoms with Crippen molar-refractivity contribution >= 4 is 16.9 Å². The second-order valence-corrected chi connectivity index (χ2v) is 2.75. The summed E-state index contributed by atoms with van der Waals surface area (Å²) in [4.78, 5) is 10.7. The van der Waals surface area contributed by atoms with Crippen LogP contribution in [0, 0.1) is 0 Å². The Morgan fingerprint density at radius 1 is 1.57 bits per heavy atom. The molecule has 0 radical (unpaired) electrons. The summed E-state index contributed by atoms with van der Waals surface area (Å²) in [7, 11) is 0.